The summed E-state index contributed by atoms with van der Waals surface area (Å²) in [4.78, 5) is 28.8. The van der Waals surface area contributed by atoms with Gasteiger partial charge in [0, 0.05) is 24.5 Å². The molecule has 1 aromatic rings. The normalized spacial score (nSPS) is 43.7. The van der Waals surface area contributed by atoms with Crippen molar-refractivity contribution in [3.05, 3.63) is 24.0 Å². The molecule has 7 heteroatoms. The van der Waals surface area contributed by atoms with E-state index in [1.165, 1.54) is 6.42 Å². The lowest BCUT2D eigenvalue weighted by Gasteiger charge is -2.60. The third-order valence-corrected chi connectivity index (χ3v) is 8.15. The predicted molar refractivity (Wildman–Crippen MR) is 114 cm³/mol. The van der Waals surface area contributed by atoms with Crippen molar-refractivity contribution in [1.82, 2.24) is 4.98 Å². The highest BCUT2D eigenvalue weighted by molar-refractivity contribution is 5.90. The number of pyridine rings is 1. The van der Waals surface area contributed by atoms with E-state index < -0.39 is 17.7 Å². The van der Waals surface area contributed by atoms with Crippen LogP contribution in [0.3, 0.4) is 0 Å². The quantitative estimate of drug-likeness (QED) is 0.715. The first-order valence-electron chi connectivity index (χ1n) is 11.7. The van der Waals surface area contributed by atoms with E-state index in [0.717, 1.165) is 30.6 Å². The van der Waals surface area contributed by atoms with Crippen LogP contribution >= 0.6 is 0 Å². The minimum Gasteiger partial charge on any atom is -0.346 e. The van der Waals surface area contributed by atoms with Crippen LogP contribution in [0.15, 0.2) is 18.3 Å². The van der Waals surface area contributed by atoms with E-state index in [1.54, 1.807) is 6.20 Å². The largest absolute Gasteiger partial charge is 0.346 e. The zero-order chi connectivity index (χ0) is 21.8. The number of aryl methyl sites for hydroxylation is 1. The number of anilines is 1. The zero-order valence-corrected chi connectivity index (χ0v) is 18.9. The van der Waals surface area contributed by atoms with Crippen LogP contribution in [-0.2, 0) is 24.0 Å². The van der Waals surface area contributed by atoms with Gasteiger partial charge in [-0.3, -0.25) is 9.78 Å². The molecule has 0 aromatic carbocycles. The summed E-state index contributed by atoms with van der Waals surface area (Å²) in [6.07, 6.45) is 6.32. The number of carbonyl (C=O) groups is 1. The van der Waals surface area contributed by atoms with Gasteiger partial charge in [0.05, 0.1) is 18.0 Å². The Bertz CT molecular complexity index is 832. The Labute approximate surface area is 184 Å². The van der Waals surface area contributed by atoms with Crippen molar-refractivity contribution in [2.45, 2.75) is 90.0 Å². The molecule has 0 radical (unpaired) electrons. The predicted octanol–water partition coefficient (Wildman–Crippen LogP) is 4.36. The Balaban J connectivity index is 1.30. The molecule has 5 heterocycles. The Morgan fingerprint density at radius 2 is 2.03 bits per heavy atom. The van der Waals surface area contributed by atoms with Gasteiger partial charge in [-0.2, -0.15) is 0 Å². The summed E-state index contributed by atoms with van der Waals surface area (Å²) >= 11 is 0. The molecule has 1 N–H and O–H groups in total. The molecule has 1 amide bonds. The van der Waals surface area contributed by atoms with Gasteiger partial charge >= 0.3 is 0 Å². The molecule has 4 saturated heterocycles. The average molecular weight is 431 g/mol. The summed E-state index contributed by atoms with van der Waals surface area (Å²) in [5.74, 6) is 0.679. The van der Waals surface area contributed by atoms with E-state index in [1.807, 2.05) is 26.0 Å². The van der Waals surface area contributed by atoms with Gasteiger partial charge in [-0.15, -0.1) is 0 Å². The Kier molecular flexibility index (Phi) is 5.36. The molecule has 2 bridgehead atoms. The van der Waals surface area contributed by atoms with E-state index in [-0.39, 0.29) is 17.9 Å². The number of amides is 1. The fraction of sp³-hybridized carbons (Fsp3) is 0.750. The van der Waals surface area contributed by atoms with Gasteiger partial charge in [-0.1, -0.05) is 13.8 Å². The van der Waals surface area contributed by atoms with E-state index in [2.05, 4.69) is 24.1 Å². The van der Waals surface area contributed by atoms with E-state index >= 15 is 0 Å². The van der Waals surface area contributed by atoms with E-state index in [4.69, 9.17) is 19.2 Å². The van der Waals surface area contributed by atoms with Crippen molar-refractivity contribution in [2.75, 3.05) is 5.32 Å². The highest BCUT2D eigenvalue weighted by Crippen LogP contribution is 2.60. The summed E-state index contributed by atoms with van der Waals surface area (Å²) in [5, 5.41) is 2.94. The topological polar surface area (TPSA) is 78.9 Å². The number of rotatable bonds is 4. The molecule has 1 aromatic heterocycles. The van der Waals surface area contributed by atoms with Crippen molar-refractivity contribution >= 4 is 11.6 Å². The SMILES string of the molecule is Cc1ccc(NC(=O)CC[C@H]2O[C@@H]3O[C@]4(C)CC[C@H]5[C@H](C)CC[C@@H]([C@H]2C)[C@@]35OO4)cn1. The number of aromatic nitrogens is 1. The molecule has 1 saturated carbocycles. The number of fused-ring (bicyclic) bond motifs is 2. The summed E-state index contributed by atoms with van der Waals surface area (Å²) < 4.78 is 12.9. The van der Waals surface area contributed by atoms with Gasteiger partial charge in [0.1, 0.15) is 0 Å². The number of carbonyl (C=O) groups excluding carboxylic acids is 1. The summed E-state index contributed by atoms with van der Waals surface area (Å²) in [5.41, 5.74) is 1.10. The smallest absolute Gasteiger partial charge is 0.224 e. The standard InChI is InChI=1S/C24H34N2O5/c1-14-5-8-19-16(3)20(9-10-21(27)26-17-7-6-15(2)25-13-17)28-22-24(19)18(14)11-12-23(4,29-22)30-31-24/h6-7,13-14,16,18-20,22H,5,8-12H2,1-4H3,(H,26,27)/t14-,16-,18+,19+,20-,22-,23+,24-/m1/s1. The van der Waals surface area contributed by atoms with Crippen LogP contribution in [-0.4, -0.2) is 34.7 Å². The van der Waals surface area contributed by atoms with Gasteiger partial charge < -0.3 is 14.8 Å². The molecule has 31 heavy (non-hydrogen) atoms. The maximum Gasteiger partial charge on any atom is 0.224 e. The fourth-order valence-electron chi connectivity index (χ4n) is 6.35. The third-order valence-electron chi connectivity index (χ3n) is 8.15. The highest BCUT2D eigenvalue weighted by atomic mass is 17.3. The lowest BCUT2D eigenvalue weighted by Crippen LogP contribution is -2.70. The van der Waals surface area contributed by atoms with Crippen LogP contribution in [0.2, 0.25) is 0 Å². The van der Waals surface area contributed by atoms with Crippen molar-refractivity contribution < 1.29 is 24.0 Å². The molecule has 170 valence electrons. The van der Waals surface area contributed by atoms with Crippen molar-refractivity contribution in [1.29, 1.82) is 0 Å². The molecule has 7 nitrogen and oxygen atoms in total. The van der Waals surface area contributed by atoms with Gasteiger partial charge in [-0.25, -0.2) is 9.78 Å². The zero-order valence-electron chi connectivity index (χ0n) is 18.9. The molecule has 1 aliphatic carbocycles. The van der Waals surface area contributed by atoms with Crippen LogP contribution < -0.4 is 5.32 Å². The second kappa shape index (κ2) is 7.80. The van der Waals surface area contributed by atoms with Crippen LogP contribution in [0, 0.1) is 30.6 Å². The van der Waals surface area contributed by atoms with Gasteiger partial charge in [0.25, 0.3) is 0 Å². The highest BCUT2D eigenvalue weighted by Gasteiger charge is 2.69. The Morgan fingerprint density at radius 3 is 2.81 bits per heavy atom. The first-order chi connectivity index (χ1) is 14.8. The van der Waals surface area contributed by atoms with Crippen LogP contribution in [0.5, 0.6) is 0 Å². The minimum absolute atomic E-state index is 0.0215. The molecule has 4 aliphatic heterocycles. The van der Waals surface area contributed by atoms with Gasteiger partial charge in [0.2, 0.25) is 11.7 Å². The lowest BCUT2D eigenvalue weighted by molar-refractivity contribution is -0.571. The molecule has 1 spiro atoms. The van der Waals surface area contributed by atoms with Crippen molar-refractivity contribution in [3.63, 3.8) is 0 Å². The first kappa shape index (κ1) is 21.3. The molecular formula is C24H34N2O5. The lowest BCUT2D eigenvalue weighted by atomic mass is 9.57. The number of hydrogen-bond acceptors (Lipinski definition) is 6. The Hall–Kier alpha value is -1.54. The van der Waals surface area contributed by atoms with Crippen LogP contribution in [0.1, 0.15) is 65.0 Å². The molecule has 5 aliphatic rings. The average Bonchev–Trinajstić information content (AvgIpc) is 2.97. The fourth-order valence-corrected chi connectivity index (χ4v) is 6.35. The maximum atomic E-state index is 12.5. The molecule has 5 fully saturated rings. The van der Waals surface area contributed by atoms with E-state index in [9.17, 15) is 4.79 Å². The number of ether oxygens (including phenoxy) is 2. The minimum atomic E-state index is -0.765. The molecule has 8 atom stereocenters. The molecule has 0 unspecified atom stereocenters. The monoisotopic (exact) mass is 430 g/mol. The summed E-state index contributed by atoms with van der Waals surface area (Å²) in [6.45, 7) is 8.42. The summed E-state index contributed by atoms with van der Waals surface area (Å²) in [6, 6.07) is 3.77. The van der Waals surface area contributed by atoms with Crippen LogP contribution in [0.4, 0.5) is 5.69 Å². The number of hydrogen-bond donors (Lipinski definition) is 1. The third kappa shape index (κ3) is 3.59. The molecule has 6 rings (SSSR count). The summed E-state index contributed by atoms with van der Waals surface area (Å²) in [7, 11) is 0. The van der Waals surface area contributed by atoms with Crippen LogP contribution in [0.25, 0.3) is 0 Å². The van der Waals surface area contributed by atoms with E-state index in [0.29, 0.717) is 30.6 Å². The van der Waals surface area contributed by atoms with Gasteiger partial charge in [-0.05, 0) is 69.4 Å². The second-order valence-electron chi connectivity index (χ2n) is 10.2. The number of nitrogens with one attached hydrogen (secondary N) is 1. The first-order valence-corrected chi connectivity index (χ1v) is 11.7. The second-order valence-corrected chi connectivity index (χ2v) is 10.2. The van der Waals surface area contributed by atoms with Crippen molar-refractivity contribution in [2.24, 2.45) is 23.7 Å². The molecular weight excluding hydrogens is 396 g/mol. The number of nitrogens with zero attached hydrogens (tertiary/aromatic N) is 1. The van der Waals surface area contributed by atoms with Gasteiger partial charge in [0.15, 0.2) is 11.9 Å². The maximum absolute atomic E-state index is 12.5. The van der Waals surface area contributed by atoms with Crippen molar-refractivity contribution in [3.8, 4) is 0 Å². The Morgan fingerprint density at radius 1 is 1.19 bits per heavy atom.